The van der Waals surface area contributed by atoms with Crippen molar-refractivity contribution in [2.45, 2.75) is 31.9 Å². The molecular formula is C20H19Cl2N3O2. The van der Waals surface area contributed by atoms with E-state index in [4.69, 9.17) is 27.9 Å². The van der Waals surface area contributed by atoms with Crippen molar-refractivity contribution >= 4 is 40.1 Å². The van der Waals surface area contributed by atoms with Crippen LogP contribution in [0.4, 0.5) is 0 Å². The number of amides is 1. The smallest absolute Gasteiger partial charge is 0.263 e. The van der Waals surface area contributed by atoms with Gasteiger partial charge in [-0.15, -0.1) is 0 Å². The third-order valence-corrected chi connectivity index (χ3v) is 5.34. The Hall–Kier alpha value is -2.24. The molecule has 0 saturated carbocycles. The van der Waals surface area contributed by atoms with Gasteiger partial charge in [0.25, 0.3) is 5.91 Å². The Morgan fingerprint density at radius 3 is 2.89 bits per heavy atom. The van der Waals surface area contributed by atoms with Gasteiger partial charge in [0.15, 0.2) is 6.10 Å². The summed E-state index contributed by atoms with van der Waals surface area (Å²) in [4.78, 5) is 22.9. The summed E-state index contributed by atoms with van der Waals surface area (Å²) in [7, 11) is 0. The van der Waals surface area contributed by atoms with Crippen molar-refractivity contribution in [2.24, 2.45) is 0 Å². The molecule has 1 aromatic heterocycles. The first-order valence-electron chi connectivity index (χ1n) is 8.90. The molecule has 2 heterocycles. The van der Waals surface area contributed by atoms with Crippen molar-refractivity contribution < 1.29 is 9.53 Å². The molecule has 2 atom stereocenters. The Balaban J connectivity index is 1.53. The molecule has 4 rings (SSSR count). The molecule has 3 aromatic rings. The van der Waals surface area contributed by atoms with Crippen LogP contribution in [0.15, 0.2) is 42.5 Å². The first kappa shape index (κ1) is 18.1. The van der Waals surface area contributed by atoms with Crippen LogP contribution >= 0.6 is 23.2 Å². The number of fused-ring (bicyclic) bond motifs is 1. The summed E-state index contributed by atoms with van der Waals surface area (Å²) in [6.07, 6.45) is 1.15. The molecule has 0 bridgehead atoms. The van der Waals surface area contributed by atoms with Crippen LogP contribution in [0.5, 0.6) is 5.75 Å². The topological polar surface area (TPSA) is 58.2 Å². The van der Waals surface area contributed by atoms with Gasteiger partial charge in [-0.25, -0.2) is 4.98 Å². The number of aromatic amines is 1. The van der Waals surface area contributed by atoms with Crippen LogP contribution in [-0.4, -0.2) is 33.4 Å². The molecule has 5 nitrogen and oxygen atoms in total. The number of imidazole rings is 1. The van der Waals surface area contributed by atoms with Crippen molar-refractivity contribution in [3.8, 4) is 5.75 Å². The zero-order valence-electron chi connectivity index (χ0n) is 14.8. The number of H-pyrrole nitrogens is 1. The van der Waals surface area contributed by atoms with E-state index < -0.39 is 6.10 Å². The van der Waals surface area contributed by atoms with Crippen molar-refractivity contribution in [2.75, 3.05) is 6.54 Å². The SMILES string of the molecule is CC(Oc1ccc(Cl)cc1Cl)C(=O)N1CCCC1c1nc2ccccc2[nH]1. The Bertz CT molecular complexity index is 955. The molecule has 27 heavy (non-hydrogen) atoms. The molecule has 2 unspecified atom stereocenters. The van der Waals surface area contributed by atoms with Crippen LogP contribution < -0.4 is 4.74 Å². The van der Waals surface area contributed by atoms with Gasteiger partial charge in [-0.1, -0.05) is 35.3 Å². The van der Waals surface area contributed by atoms with E-state index >= 15 is 0 Å². The lowest BCUT2D eigenvalue weighted by atomic mass is 10.2. The highest BCUT2D eigenvalue weighted by Gasteiger charge is 2.35. The maximum absolute atomic E-state index is 13.0. The minimum atomic E-state index is -0.659. The van der Waals surface area contributed by atoms with Crippen molar-refractivity contribution in [1.29, 1.82) is 0 Å². The van der Waals surface area contributed by atoms with Crippen molar-refractivity contribution in [1.82, 2.24) is 14.9 Å². The summed E-state index contributed by atoms with van der Waals surface area (Å²) in [5, 5.41) is 0.910. The van der Waals surface area contributed by atoms with E-state index in [0.717, 1.165) is 29.7 Å². The third kappa shape index (κ3) is 3.62. The van der Waals surface area contributed by atoms with E-state index in [2.05, 4.69) is 9.97 Å². The molecule has 1 aliphatic rings. The second-order valence-corrected chi connectivity index (χ2v) is 7.51. The number of rotatable bonds is 4. The molecule has 2 aromatic carbocycles. The molecule has 0 spiro atoms. The number of benzene rings is 2. The van der Waals surface area contributed by atoms with Crippen LogP contribution in [0.3, 0.4) is 0 Å². The van der Waals surface area contributed by atoms with E-state index in [1.165, 1.54) is 0 Å². The lowest BCUT2D eigenvalue weighted by Crippen LogP contribution is -2.40. The fourth-order valence-electron chi connectivity index (χ4n) is 3.49. The van der Waals surface area contributed by atoms with Crippen LogP contribution in [0.2, 0.25) is 10.0 Å². The van der Waals surface area contributed by atoms with E-state index in [0.29, 0.717) is 22.3 Å². The van der Waals surface area contributed by atoms with Crippen molar-refractivity contribution in [3.05, 3.63) is 58.3 Å². The van der Waals surface area contributed by atoms with Crippen molar-refractivity contribution in [3.63, 3.8) is 0 Å². The standard InChI is InChI=1S/C20H19Cl2N3O2/c1-12(27-18-9-8-13(21)11-14(18)22)20(26)25-10-4-7-17(25)19-23-15-5-2-3-6-16(15)24-19/h2-3,5-6,8-9,11-12,17H,4,7,10H2,1H3,(H,23,24). The minimum absolute atomic E-state index is 0.0726. The highest BCUT2D eigenvalue weighted by Crippen LogP contribution is 2.33. The van der Waals surface area contributed by atoms with E-state index in [1.54, 1.807) is 25.1 Å². The number of carbonyl (C=O) groups excluding carboxylic acids is 1. The zero-order chi connectivity index (χ0) is 19.0. The number of nitrogens with one attached hydrogen (secondary N) is 1. The minimum Gasteiger partial charge on any atom is -0.479 e. The molecule has 140 valence electrons. The monoisotopic (exact) mass is 403 g/mol. The predicted octanol–water partition coefficient (Wildman–Crippen LogP) is 5.00. The van der Waals surface area contributed by atoms with Gasteiger partial charge in [-0.05, 0) is 50.1 Å². The first-order valence-corrected chi connectivity index (χ1v) is 9.65. The van der Waals surface area contributed by atoms with Gasteiger partial charge >= 0.3 is 0 Å². The van der Waals surface area contributed by atoms with E-state index in [9.17, 15) is 4.79 Å². The fourth-order valence-corrected chi connectivity index (χ4v) is 3.94. The number of hydrogen-bond acceptors (Lipinski definition) is 3. The molecule has 1 amide bonds. The van der Waals surface area contributed by atoms with Crippen LogP contribution in [0.1, 0.15) is 31.6 Å². The fraction of sp³-hybridized carbons (Fsp3) is 0.300. The van der Waals surface area contributed by atoms with Gasteiger partial charge in [0, 0.05) is 11.6 Å². The molecule has 7 heteroatoms. The predicted molar refractivity (Wildman–Crippen MR) is 106 cm³/mol. The molecule has 1 fully saturated rings. The molecule has 0 aliphatic carbocycles. The van der Waals surface area contributed by atoms with Crippen LogP contribution in [0.25, 0.3) is 11.0 Å². The molecule has 1 aliphatic heterocycles. The van der Waals surface area contributed by atoms with Gasteiger partial charge in [0.1, 0.15) is 11.6 Å². The van der Waals surface area contributed by atoms with Gasteiger partial charge in [-0.3, -0.25) is 4.79 Å². The summed E-state index contributed by atoms with van der Waals surface area (Å²) in [5.41, 5.74) is 1.88. The van der Waals surface area contributed by atoms with Gasteiger partial charge in [-0.2, -0.15) is 0 Å². The number of para-hydroxylation sites is 2. The lowest BCUT2D eigenvalue weighted by molar-refractivity contribution is -0.139. The Labute approximate surface area is 167 Å². The molecule has 1 saturated heterocycles. The maximum Gasteiger partial charge on any atom is 0.263 e. The number of nitrogens with zero attached hydrogens (tertiary/aromatic N) is 2. The van der Waals surface area contributed by atoms with Crippen LogP contribution in [0, 0.1) is 0 Å². The van der Waals surface area contributed by atoms with E-state index in [1.807, 2.05) is 29.2 Å². The maximum atomic E-state index is 13.0. The number of hydrogen-bond donors (Lipinski definition) is 1. The largest absolute Gasteiger partial charge is 0.479 e. The lowest BCUT2D eigenvalue weighted by Gasteiger charge is -2.26. The number of ether oxygens (including phenoxy) is 1. The molecule has 1 N–H and O–H groups in total. The Morgan fingerprint density at radius 1 is 1.30 bits per heavy atom. The summed E-state index contributed by atoms with van der Waals surface area (Å²) < 4.78 is 5.81. The number of likely N-dealkylation sites (tertiary alicyclic amines) is 1. The average molecular weight is 404 g/mol. The Kier molecular flexibility index (Phi) is 4.98. The summed E-state index contributed by atoms with van der Waals surface area (Å²) in [5.74, 6) is 1.18. The average Bonchev–Trinajstić information content (AvgIpc) is 3.29. The van der Waals surface area contributed by atoms with E-state index in [-0.39, 0.29) is 11.9 Å². The summed E-state index contributed by atoms with van der Waals surface area (Å²) in [6.45, 7) is 2.42. The normalized spacial score (nSPS) is 18.0. The first-order chi connectivity index (χ1) is 13.0. The number of carbonyl (C=O) groups is 1. The zero-order valence-corrected chi connectivity index (χ0v) is 16.3. The quantitative estimate of drug-likeness (QED) is 0.666. The third-order valence-electron chi connectivity index (χ3n) is 4.80. The van der Waals surface area contributed by atoms with Gasteiger partial charge < -0.3 is 14.6 Å². The highest BCUT2D eigenvalue weighted by molar-refractivity contribution is 6.35. The molecule has 0 radical (unpaired) electrons. The second-order valence-electron chi connectivity index (χ2n) is 6.66. The second kappa shape index (κ2) is 7.41. The number of aromatic nitrogens is 2. The van der Waals surface area contributed by atoms with Gasteiger partial charge in [0.05, 0.1) is 22.1 Å². The summed E-state index contributed by atoms with van der Waals surface area (Å²) >= 11 is 12.1. The van der Waals surface area contributed by atoms with Gasteiger partial charge in [0.2, 0.25) is 0 Å². The van der Waals surface area contributed by atoms with Crippen LogP contribution in [-0.2, 0) is 4.79 Å². The summed E-state index contributed by atoms with van der Waals surface area (Å²) in [6, 6.07) is 12.8. The molecular weight excluding hydrogens is 385 g/mol. The highest BCUT2D eigenvalue weighted by atomic mass is 35.5. The Morgan fingerprint density at radius 2 is 2.11 bits per heavy atom. The number of halogens is 2.